The van der Waals surface area contributed by atoms with Gasteiger partial charge in [0, 0.05) is 12.6 Å². The summed E-state index contributed by atoms with van der Waals surface area (Å²) in [6.45, 7) is 2.88. The molecule has 0 aromatic heterocycles. The number of ether oxygens (including phenoxy) is 2. The molecule has 28 heavy (non-hydrogen) atoms. The van der Waals surface area contributed by atoms with E-state index in [0.717, 1.165) is 24.8 Å². The third kappa shape index (κ3) is 3.22. The molecule has 2 saturated heterocycles. The van der Waals surface area contributed by atoms with E-state index in [-0.39, 0.29) is 18.5 Å². The van der Waals surface area contributed by atoms with Crippen molar-refractivity contribution in [2.24, 2.45) is 5.92 Å². The van der Waals surface area contributed by atoms with Crippen LogP contribution in [0.2, 0.25) is 0 Å². The van der Waals surface area contributed by atoms with Gasteiger partial charge < -0.3 is 14.4 Å². The van der Waals surface area contributed by atoms with E-state index in [9.17, 15) is 9.59 Å². The largest absolute Gasteiger partial charge is 0.342 e. The molecule has 1 aliphatic carbocycles. The second-order valence-corrected chi connectivity index (χ2v) is 8.53. The van der Waals surface area contributed by atoms with Crippen LogP contribution >= 0.6 is 0 Å². The molecule has 6 heteroatoms. The van der Waals surface area contributed by atoms with E-state index in [1.54, 1.807) is 11.9 Å². The van der Waals surface area contributed by atoms with Crippen LogP contribution in [0.3, 0.4) is 0 Å². The van der Waals surface area contributed by atoms with Gasteiger partial charge in [0.05, 0.1) is 19.8 Å². The Kier molecular flexibility index (Phi) is 5.19. The van der Waals surface area contributed by atoms with Crippen LogP contribution in [0.15, 0.2) is 30.3 Å². The van der Waals surface area contributed by atoms with Gasteiger partial charge in [-0.3, -0.25) is 9.69 Å². The van der Waals surface area contributed by atoms with Crippen LogP contribution in [0.4, 0.5) is 4.79 Å². The first kappa shape index (κ1) is 19.4. The van der Waals surface area contributed by atoms with E-state index >= 15 is 0 Å². The third-order valence-electron chi connectivity index (χ3n) is 6.71. The van der Waals surface area contributed by atoms with Gasteiger partial charge in [-0.1, -0.05) is 62.4 Å². The number of hydrogen-bond donors (Lipinski definition) is 0. The molecule has 1 aromatic rings. The van der Waals surface area contributed by atoms with Crippen LogP contribution in [0.25, 0.3) is 0 Å². The second-order valence-electron chi connectivity index (χ2n) is 8.53. The van der Waals surface area contributed by atoms with Crippen molar-refractivity contribution in [2.75, 3.05) is 26.8 Å². The van der Waals surface area contributed by atoms with Crippen molar-refractivity contribution in [2.45, 2.75) is 56.8 Å². The monoisotopic (exact) mass is 386 g/mol. The van der Waals surface area contributed by atoms with Gasteiger partial charge in [-0.25, -0.2) is 4.79 Å². The molecule has 3 amide bonds. The summed E-state index contributed by atoms with van der Waals surface area (Å²) in [5, 5.41) is 0. The molecule has 4 rings (SSSR count). The smallest absolute Gasteiger partial charge is 0.327 e. The zero-order valence-corrected chi connectivity index (χ0v) is 16.9. The van der Waals surface area contributed by atoms with E-state index in [0.29, 0.717) is 19.1 Å². The molecule has 0 N–H and O–H groups in total. The van der Waals surface area contributed by atoms with Crippen LogP contribution in [0.5, 0.6) is 0 Å². The maximum absolute atomic E-state index is 13.4. The Labute approximate surface area is 166 Å². The predicted octanol–water partition coefficient (Wildman–Crippen LogP) is 3.51. The maximum atomic E-state index is 13.4. The SMILES string of the molecule is CN1C(=O)N(CC2(c3ccccc3)OCCO2)C(=O)C1(C)CC1CCCCC1. The molecule has 0 radical (unpaired) electrons. The lowest BCUT2D eigenvalue weighted by atomic mass is 9.79. The number of nitrogens with zero attached hydrogens (tertiary/aromatic N) is 2. The topological polar surface area (TPSA) is 59.1 Å². The Hall–Kier alpha value is -1.92. The molecule has 152 valence electrons. The van der Waals surface area contributed by atoms with Crippen molar-refractivity contribution < 1.29 is 19.1 Å². The molecule has 1 unspecified atom stereocenters. The standard InChI is InChI=1S/C22H30N2O4/c1-21(15-17-9-5-3-6-10-17)19(25)24(20(26)23(21)2)16-22(27-13-14-28-22)18-11-7-4-8-12-18/h4,7-8,11-12,17H,3,5-6,9-10,13-16H2,1-2H3. The van der Waals surface area contributed by atoms with Gasteiger partial charge in [-0.05, 0) is 19.3 Å². The van der Waals surface area contributed by atoms with Crippen molar-refractivity contribution in [1.29, 1.82) is 0 Å². The lowest BCUT2D eigenvalue weighted by Crippen LogP contribution is -2.48. The third-order valence-corrected chi connectivity index (χ3v) is 6.71. The lowest BCUT2D eigenvalue weighted by Gasteiger charge is -2.34. The summed E-state index contributed by atoms with van der Waals surface area (Å²) in [4.78, 5) is 29.4. The van der Waals surface area contributed by atoms with Crippen molar-refractivity contribution in [3.05, 3.63) is 35.9 Å². The first-order chi connectivity index (χ1) is 13.5. The molecule has 1 aromatic carbocycles. The number of hydrogen-bond acceptors (Lipinski definition) is 4. The van der Waals surface area contributed by atoms with Gasteiger partial charge >= 0.3 is 6.03 Å². The van der Waals surface area contributed by atoms with Gasteiger partial charge in [0.2, 0.25) is 5.79 Å². The van der Waals surface area contributed by atoms with E-state index in [2.05, 4.69) is 0 Å². The number of carbonyl (C=O) groups is 2. The molecule has 2 heterocycles. The highest BCUT2D eigenvalue weighted by Crippen LogP contribution is 2.40. The lowest BCUT2D eigenvalue weighted by molar-refractivity contribution is -0.178. The number of benzene rings is 1. The molecule has 3 aliphatic rings. The van der Waals surface area contributed by atoms with Crippen LogP contribution in [-0.4, -0.2) is 54.1 Å². The fourth-order valence-corrected chi connectivity index (χ4v) is 4.93. The molecule has 0 bridgehead atoms. The highest BCUT2D eigenvalue weighted by atomic mass is 16.7. The van der Waals surface area contributed by atoms with E-state index in [1.807, 2.05) is 37.3 Å². The van der Waals surface area contributed by atoms with Crippen molar-refractivity contribution in [3.8, 4) is 0 Å². The Morgan fingerprint density at radius 3 is 2.32 bits per heavy atom. The fraction of sp³-hybridized carbons (Fsp3) is 0.636. The summed E-state index contributed by atoms with van der Waals surface area (Å²) in [5.74, 6) is -0.719. The molecule has 1 atom stereocenters. The van der Waals surface area contributed by atoms with E-state index < -0.39 is 11.3 Å². The van der Waals surface area contributed by atoms with Crippen molar-refractivity contribution >= 4 is 11.9 Å². The van der Waals surface area contributed by atoms with Crippen molar-refractivity contribution in [3.63, 3.8) is 0 Å². The average molecular weight is 386 g/mol. The maximum Gasteiger partial charge on any atom is 0.327 e. The second kappa shape index (κ2) is 7.48. The summed E-state index contributed by atoms with van der Waals surface area (Å²) < 4.78 is 11.9. The Morgan fingerprint density at radius 1 is 1.04 bits per heavy atom. The molecule has 1 saturated carbocycles. The minimum absolute atomic E-state index is 0.0826. The summed E-state index contributed by atoms with van der Waals surface area (Å²) in [5.41, 5.74) is 0.0342. The zero-order valence-electron chi connectivity index (χ0n) is 16.9. The normalized spacial score (nSPS) is 28.4. The number of rotatable bonds is 5. The zero-order chi connectivity index (χ0) is 19.8. The molecule has 3 fully saturated rings. The minimum atomic E-state index is -1.08. The fourth-order valence-electron chi connectivity index (χ4n) is 4.93. The molecule has 0 spiro atoms. The molecular weight excluding hydrogens is 356 g/mol. The van der Waals surface area contributed by atoms with Crippen LogP contribution in [0, 0.1) is 5.92 Å². The molecule has 2 aliphatic heterocycles. The van der Waals surface area contributed by atoms with Gasteiger partial charge in [0.25, 0.3) is 5.91 Å². The summed E-state index contributed by atoms with van der Waals surface area (Å²) in [6, 6.07) is 9.32. The first-order valence-electron chi connectivity index (χ1n) is 10.4. The van der Waals surface area contributed by atoms with Gasteiger partial charge in [-0.15, -0.1) is 0 Å². The Balaban J connectivity index is 1.57. The number of imide groups is 1. The van der Waals surface area contributed by atoms with Gasteiger partial charge in [-0.2, -0.15) is 0 Å². The molecule has 6 nitrogen and oxygen atoms in total. The highest BCUT2D eigenvalue weighted by Gasteiger charge is 2.56. The predicted molar refractivity (Wildman–Crippen MR) is 104 cm³/mol. The average Bonchev–Trinajstić information content (AvgIpc) is 3.26. The minimum Gasteiger partial charge on any atom is -0.342 e. The highest BCUT2D eigenvalue weighted by molar-refractivity contribution is 6.06. The summed E-state index contributed by atoms with van der Waals surface area (Å²) in [6.07, 6.45) is 6.72. The van der Waals surface area contributed by atoms with Gasteiger partial charge in [0.1, 0.15) is 5.54 Å². The number of amides is 3. The molecular formula is C22H30N2O4. The van der Waals surface area contributed by atoms with Crippen LogP contribution in [-0.2, 0) is 20.1 Å². The number of urea groups is 1. The van der Waals surface area contributed by atoms with E-state index in [1.165, 1.54) is 24.2 Å². The van der Waals surface area contributed by atoms with E-state index in [4.69, 9.17) is 9.47 Å². The Morgan fingerprint density at radius 2 is 1.68 bits per heavy atom. The van der Waals surface area contributed by atoms with Crippen molar-refractivity contribution in [1.82, 2.24) is 9.80 Å². The Bertz CT molecular complexity index is 725. The first-order valence-corrected chi connectivity index (χ1v) is 10.4. The quantitative estimate of drug-likeness (QED) is 0.727. The van der Waals surface area contributed by atoms with Crippen LogP contribution in [0.1, 0.15) is 51.0 Å². The number of carbonyl (C=O) groups excluding carboxylic acids is 2. The summed E-state index contributed by atoms with van der Waals surface area (Å²) >= 11 is 0. The number of likely N-dealkylation sites (N-methyl/N-ethyl adjacent to an activating group) is 1. The van der Waals surface area contributed by atoms with Crippen LogP contribution < -0.4 is 0 Å². The van der Waals surface area contributed by atoms with Gasteiger partial charge in [0.15, 0.2) is 0 Å². The summed E-state index contributed by atoms with van der Waals surface area (Å²) in [7, 11) is 1.74.